The molecule has 70 valence electrons. The van der Waals surface area contributed by atoms with E-state index in [1.165, 1.54) is 42.5 Å². The van der Waals surface area contributed by atoms with Gasteiger partial charge in [-0.2, -0.15) is 0 Å². The molecule has 1 aromatic rings. The molecule has 1 aromatic heterocycles. The molecule has 0 saturated heterocycles. The molecule has 0 N–H and O–H groups in total. The number of fused-ring (bicyclic) bond motifs is 1. The Kier molecular flexibility index (Phi) is 2.84. The van der Waals surface area contributed by atoms with E-state index in [9.17, 15) is 0 Å². The largest absolute Gasteiger partial charge is 0.145 e. The quantitative estimate of drug-likeness (QED) is 0.629. The van der Waals surface area contributed by atoms with E-state index in [0.717, 1.165) is 0 Å². The molecule has 0 fully saturated rings. The summed E-state index contributed by atoms with van der Waals surface area (Å²) in [5.74, 6) is 0. The van der Waals surface area contributed by atoms with E-state index in [1.807, 2.05) is 11.3 Å². The zero-order chi connectivity index (χ0) is 9.10. The first-order valence-corrected chi connectivity index (χ1v) is 6.00. The summed E-state index contributed by atoms with van der Waals surface area (Å²) in [6, 6.07) is 2.36. The van der Waals surface area contributed by atoms with E-state index < -0.39 is 0 Å². The van der Waals surface area contributed by atoms with Crippen molar-refractivity contribution in [2.45, 2.75) is 39.0 Å². The molecule has 0 amide bonds. The Balaban J connectivity index is 2.31. The number of allylic oxidation sites excluding steroid dienone is 1. The van der Waals surface area contributed by atoms with Gasteiger partial charge in [-0.15, -0.1) is 11.3 Å². The molecule has 0 spiro atoms. The lowest BCUT2D eigenvalue weighted by atomic mass is 10.1. The number of rotatable bonds is 1. The van der Waals surface area contributed by atoms with Gasteiger partial charge in [0.25, 0.3) is 0 Å². The Morgan fingerprint density at radius 1 is 1.38 bits per heavy atom. The molecule has 0 bridgehead atoms. The van der Waals surface area contributed by atoms with Gasteiger partial charge in [-0.3, -0.25) is 0 Å². The van der Waals surface area contributed by atoms with Gasteiger partial charge >= 0.3 is 0 Å². The predicted molar refractivity (Wildman–Crippen MR) is 60.3 cm³/mol. The topological polar surface area (TPSA) is 0 Å². The maximum absolute atomic E-state index is 2.36. The van der Waals surface area contributed by atoms with Gasteiger partial charge in [-0.05, 0) is 43.7 Å². The van der Waals surface area contributed by atoms with Crippen LogP contribution in [-0.4, -0.2) is 0 Å². The second-order valence-electron chi connectivity index (χ2n) is 3.59. The van der Waals surface area contributed by atoms with Crippen LogP contribution in [0.25, 0.3) is 6.08 Å². The minimum absolute atomic E-state index is 1.19. The Bertz CT molecular complexity index is 307. The first kappa shape index (κ1) is 9.01. The summed E-state index contributed by atoms with van der Waals surface area (Å²) in [6.45, 7) is 2.24. The Morgan fingerprint density at radius 2 is 2.31 bits per heavy atom. The Morgan fingerprint density at radius 3 is 3.15 bits per heavy atom. The molecule has 1 heterocycles. The molecule has 0 radical (unpaired) electrons. The molecular weight excluding hydrogens is 176 g/mol. The highest BCUT2D eigenvalue weighted by atomic mass is 32.1. The third-order valence-corrected chi connectivity index (χ3v) is 3.92. The molecule has 2 rings (SSSR count). The summed E-state index contributed by atoms with van der Waals surface area (Å²) >= 11 is 2.01. The van der Waals surface area contributed by atoms with Crippen molar-refractivity contribution in [2.24, 2.45) is 0 Å². The summed E-state index contributed by atoms with van der Waals surface area (Å²) in [4.78, 5) is 3.14. The van der Waals surface area contributed by atoms with Crippen LogP contribution in [0, 0.1) is 0 Å². The Labute approximate surface area is 84.3 Å². The van der Waals surface area contributed by atoms with Crippen molar-refractivity contribution in [3.63, 3.8) is 0 Å². The molecule has 0 aromatic carbocycles. The standard InChI is InChI=1S/C12H16S/c1-2-11-9-10-7-5-3-4-6-8-12(10)13-11/h5,7,9H,2-4,6,8H2,1H3. The highest BCUT2D eigenvalue weighted by Gasteiger charge is 2.06. The van der Waals surface area contributed by atoms with Crippen LogP contribution in [0.4, 0.5) is 0 Å². The van der Waals surface area contributed by atoms with E-state index >= 15 is 0 Å². The predicted octanol–water partition coefficient (Wildman–Crippen LogP) is 4.05. The Hall–Kier alpha value is -0.560. The van der Waals surface area contributed by atoms with Crippen molar-refractivity contribution < 1.29 is 0 Å². The number of aryl methyl sites for hydroxylation is 2. The SMILES string of the molecule is CCc1cc2c(s1)CCCCC=C2. The highest BCUT2D eigenvalue weighted by molar-refractivity contribution is 7.12. The maximum Gasteiger partial charge on any atom is 0.0120 e. The van der Waals surface area contributed by atoms with Crippen molar-refractivity contribution in [3.05, 3.63) is 27.5 Å². The van der Waals surface area contributed by atoms with Crippen LogP contribution in [0.3, 0.4) is 0 Å². The van der Waals surface area contributed by atoms with Gasteiger partial charge in [0.2, 0.25) is 0 Å². The second kappa shape index (κ2) is 4.10. The van der Waals surface area contributed by atoms with Crippen molar-refractivity contribution in [2.75, 3.05) is 0 Å². The third-order valence-electron chi connectivity index (χ3n) is 2.56. The van der Waals surface area contributed by atoms with Crippen molar-refractivity contribution in [1.82, 2.24) is 0 Å². The molecule has 0 atom stereocenters. The molecule has 0 aliphatic heterocycles. The van der Waals surface area contributed by atoms with E-state index in [1.54, 1.807) is 4.88 Å². The van der Waals surface area contributed by atoms with Gasteiger partial charge in [0.15, 0.2) is 0 Å². The molecule has 13 heavy (non-hydrogen) atoms. The minimum Gasteiger partial charge on any atom is -0.145 e. The molecule has 0 saturated carbocycles. The first-order valence-electron chi connectivity index (χ1n) is 5.18. The van der Waals surface area contributed by atoms with E-state index in [0.29, 0.717) is 0 Å². The molecular formula is C12H16S. The van der Waals surface area contributed by atoms with E-state index in [4.69, 9.17) is 0 Å². The molecule has 0 unspecified atom stereocenters. The van der Waals surface area contributed by atoms with Crippen LogP contribution in [-0.2, 0) is 12.8 Å². The van der Waals surface area contributed by atoms with Crippen molar-refractivity contribution >= 4 is 17.4 Å². The fourth-order valence-electron chi connectivity index (χ4n) is 1.77. The van der Waals surface area contributed by atoms with Crippen molar-refractivity contribution in [1.29, 1.82) is 0 Å². The molecule has 1 heteroatoms. The minimum atomic E-state index is 1.19. The van der Waals surface area contributed by atoms with E-state index in [-0.39, 0.29) is 0 Å². The summed E-state index contributed by atoms with van der Waals surface area (Å²) in [7, 11) is 0. The lowest BCUT2D eigenvalue weighted by Gasteiger charge is -2.02. The summed E-state index contributed by atoms with van der Waals surface area (Å²) < 4.78 is 0. The summed E-state index contributed by atoms with van der Waals surface area (Å²) in [5, 5.41) is 0. The normalized spacial score (nSPS) is 16.4. The number of hydrogen-bond acceptors (Lipinski definition) is 1. The fourth-order valence-corrected chi connectivity index (χ4v) is 2.91. The van der Waals surface area contributed by atoms with Gasteiger partial charge in [0.05, 0.1) is 0 Å². The van der Waals surface area contributed by atoms with Crippen molar-refractivity contribution in [3.8, 4) is 0 Å². The second-order valence-corrected chi connectivity index (χ2v) is 4.81. The van der Waals surface area contributed by atoms with Crippen LogP contribution in [0.2, 0.25) is 0 Å². The summed E-state index contributed by atoms with van der Waals surface area (Å²) in [6.07, 6.45) is 11.1. The maximum atomic E-state index is 2.36. The molecule has 1 aliphatic carbocycles. The fraction of sp³-hybridized carbons (Fsp3) is 0.500. The first-order chi connectivity index (χ1) is 6.40. The van der Waals surface area contributed by atoms with Gasteiger partial charge in [0.1, 0.15) is 0 Å². The molecule has 1 aliphatic rings. The smallest absolute Gasteiger partial charge is 0.0120 e. The zero-order valence-electron chi connectivity index (χ0n) is 8.18. The van der Waals surface area contributed by atoms with Crippen LogP contribution < -0.4 is 0 Å². The van der Waals surface area contributed by atoms with Gasteiger partial charge < -0.3 is 0 Å². The third kappa shape index (κ3) is 2.02. The van der Waals surface area contributed by atoms with Gasteiger partial charge in [-0.25, -0.2) is 0 Å². The zero-order valence-corrected chi connectivity index (χ0v) is 8.99. The monoisotopic (exact) mass is 192 g/mol. The molecule has 0 nitrogen and oxygen atoms in total. The van der Waals surface area contributed by atoms with Crippen LogP contribution >= 0.6 is 11.3 Å². The van der Waals surface area contributed by atoms with Gasteiger partial charge in [-0.1, -0.05) is 19.1 Å². The average molecular weight is 192 g/mol. The van der Waals surface area contributed by atoms with Crippen LogP contribution in [0.1, 0.15) is 41.5 Å². The number of thiophene rings is 1. The highest BCUT2D eigenvalue weighted by Crippen LogP contribution is 2.27. The number of hydrogen-bond donors (Lipinski definition) is 0. The van der Waals surface area contributed by atoms with Crippen LogP contribution in [0.5, 0.6) is 0 Å². The average Bonchev–Trinajstić information content (AvgIpc) is 2.47. The lowest BCUT2D eigenvalue weighted by Crippen LogP contribution is -1.86. The van der Waals surface area contributed by atoms with E-state index in [2.05, 4.69) is 25.1 Å². The van der Waals surface area contributed by atoms with Crippen LogP contribution in [0.15, 0.2) is 12.1 Å². The van der Waals surface area contributed by atoms with Gasteiger partial charge in [0, 0.05) is 9.75 Å². The summed E-state index contributed by atoms with van der Waals surface area (Å²) in [5.41, 5.74) is 1.49. The lowest BCUT2D eigenvalue weighted by molar-refractivity contribution is 0.751.